The molecule has 0 spiro atoms. The fourth-order valence-electron chi connectivity index (χ4n) is 4.95. The van der Waals surface area contributed by atoms with Crippen LogP contribution in [0.3, 0.4) is 0 Å². The van der Waals surface area contributed by atoms with Gasteiger partial charge in [-0.05, 0) is 71.8 Å². The summed E-state index contributed by atoms with van der Waals surface area (Å²) in [5, 5.41) is 11.4. The van der Waals surface area contributed by atoms with E-state index in [1.54, 1.807) is 56.7 Å². The van der Waals surface area contributed by atoms with Crippen LogP contribution in [0.5, 0.6) is 23.0 Å². The van der Waals surface area contributed by atoms with Crippen molar-refractivity contribution in [2.45, 2.75) is 19.1 Å². The molecule has 0 aliphatic carbocycles. The Balaban J connectivity index is 1.40. The maximum absolute atomic E-state index is 14.2. The molecule has 1 N–H and O–H groups in total. The summed E-state index contributed by atoms with van der Waals surface area (Å²) in [6, 6.07) is 25.9. The van der Waals surface area contributed by atoms with Gasteiger partial charge in [-0.3, -0.25) is 9.59 Å². The number of amides is 2. The van der Waals surface area contributed by atoms with Gasteiger partial charge in [0.25, 0.3) is 5.91 Å². The standard InChI is InChI=1S/C32H29N5O6/c1-40-24-12-7-21(8-13-24)18-36(30(38)19-37-27-6-4-3-5-26(27)34-35-37)31(22-9-16-28-29(17-22)43-20-42-28)32(39)33-23-10-14-25(41-2)15-11-23/h3-17,31H,18-20H2,1-2H3,(H,33,39)/t31-/m0/s1. The molecular formula is C32H29N5O6. The molecule has 1 aliphatic heterocycles. The number of carbonyl (C=O) groups is 2. The van der Waals surface area contributed by atoms with Crippen LogP contribution in [-0.2, 0) is 22.7 Å². The Bertz CT molecular complexity index is 1750. The summed E-state index contributed by atoms with van der Waals surface area (Å²) in [5.41, 5.74) is 3.29. The Hall–Kier alpha value is -5.58. The third-order valence-corrected chi connectivity index (χ3v) is 7.17. The molecule has 2 amide bonds. The summed E-state index contributed by atoms with van der Waals surface area (Å²) >= 11 is 0. The van der Waals surface area contributed by atoms with E-state index in [9.17, 15) is 9.59 Å². The van der Waals surface area contributed by atoms with E-state index in [0.717, 1.165) is 5.56 Å². The molecule has 6 rings (SSSR count). The maximum atomic E-state index is 14.2. The fourth-order valence-corrected chi connectivity index (χ4v) is 4.95. The molecule has 1 atom stereocenters. The smallest absolute Gasteiger partial charge is 0.251 e. The average Bonchev–Trinajstić information content (AvgIpc) is 3.68. The fraction of sp³-hybridized carbons (Fsp3) is 0.188. The SMILES string of the molecule is COc1ccc(CN(C(=O)Cn2nnc3ccccc32)[C@H](C(=O)Nc2ccc(OC)cc2)c2ccc3c(c2)OCO3)cc1. The normalized spacial score (nSPS) is 12.5. The van der Waals surface area contributed by atoms with E-state index in [4.69, 9.17) is 18.9 Å². The quantitative estimate of drug-likeness (QED) is 0.256. The third-order valence-electron chi connectivity index (χ3n) is 7.17. The summed E-state index contributed by atoms with van der Waals surface area (Å²) in [5.74, 6) is 1.66. The number of nitrogens with zero attached hydrogens (tertiary/aromatic N) is 4. The summed E-state index contributed by atoms with van der Waals surface area (Å²) in [4.78, 5) is 29.9. The topological polar surface area (TPSA) is 117 Å². The van der Waals surface area contributed by atoms with Gasteiger partial charge in [-0.15, -0.1) is 5.10 Å². The number of methoxy groups -OCH3 is 2. The first kappa shape index (κ1) is 27.6. The number of anilines is 1. The molecule has 43 heavy (non-hydrogen) atoms. The van der Waals surface area contributed by atoms with E-state index in [2.05, 4.69) is 15.6 Å². The lowest BCUT2D eigenvalue weighted by atomic mass is 10.0. The number of para-hydroxylation sites is 1. The number of hydrogen-bond donors (Lipinski definition) is 1. The Morgan fingerprint density at radius 2 is 1.60 bits per heavy atom. The van der Waals surface area contributed by atoms with Gasteiger partial charge in [0.2, 0.25) is 12.7 Å². The highest BCUT2D eigenvalue weighted by Crippen LogP contribution is 2.37. The number of rotatable bonds is 10. The van der Waals surface area contributed by atoms with E-state index in [1.807, 2.05) is 48.5 Å². The molecule has 1 aromatic heterocycles. The zero-order valence-corrected chi connectivity index (χ0v) is 23.6. The van der Waals surface area contributed by atoms with Gasteiger partial charge in [0.15, 0.2) is 11.5 Å². The van der Waals surface area contributed by atoms with Crippen LogP contribution in [0.4, 0.5) is 5.69 Å². The molecule has 0 bridgehead atoms. The Morgan fingerprint density at radius 1 is 0.907 bits per heavy atom. The van der Waals surface area contributed by atoms with Crippen molar-refractivity contribution in [2.24, 2.45) is 0 Å². The Labute approximate surface area is 247 Å². The van der Waals surface area contributed by atoms with E-state index in [1.165, 1.54) is 9.58 Å². The monoisotopic (exact) mass is 579 g/mol. The van der Waals surface area contributed by atoms with Gasteiger partial charge in [-0.2, -0.15) is 0 Å². The predicted octanol–water partition coefficient (Wildman–Crippen LogP) is 4.59. The molecule has 0 unspecified atom stereocenters. The number of fused-ring (bicyclic) bond motifs is 2. The zero-order valence-electron chi connectivity index (χ0n) is 23.6. The number of nitrogens with one attached hydrogen (secondary N) is 1. The highest BCUT2D eigenvalue weighted by atomic mass is 16.7. The summed E-state index contributed by atoms with van der Waals surface area (Å²) in [7, 11) is 3.16. The van der Waals surface area contributed by atoms with E-state index < -0.39 is 11.9 Å². The molecular weight excluding hydrogens is 550 g/mol. The largest absolute Gasteiger partial charge is 0.497 e. The molecule has 11 nitrogen and oxygen atoms in total. The van der Waals surface area contributed by atoms with Crippen molar-refractivity contribution in [1.29, 1.82) is 0 Å². The van der Waals surface area contributed by atoms with Crippen molar-refractivity contribution in [3.8, 4) is 23.0 Å². The highest BCUT2D eigenvalue weighted by molar-refractivity contribution is 5.98. The van der Waals surface area contributed by atoms with Gasteiger partial charge in [0.1, 0.15) is 29.6 Å². The van der Waals surface area contributed by atoms with Gasteiger partial charge < -0.3 is 29.2 Å². The number of benzene rings is 4. The van der Waals surface area contributed by atoms with Crippen molar-refractivity contribution in [1.82, 2.24) is 19.9 Å². The van der Waals surface area contributed by atoms with Crippen LogP contribution in [0.25, 0.3) is 11.0 Å². The molecule has 0 radical (unpaired) electrons. The van der Waals surface area contributed by atoms with Crippen molar-refractivity contribution < 1.29 is 28.5 Å². The lowest BCUT2D eigenvalue weighted by Crippen LogP contribution is -2.42. The molecule has 218 valence electrons. The molecule has 4 aromatic carbocycles. The van der Waals surface area contributed by atoms with Crippen molar-refractivity contribution in [3.63, 3.8) is 0 Å². The minimum Gasteiger partial charge on any atom is -0.497 e. The molecule has 5 aromatic rings. The summed E-state index contributed by atoms with van der Waals surface area (Å²) < 4.78 is 23.2. The van der Waals surface area contributed by atoms with Gasteiger partial charge in [0.05, 0.1) is 19.7 Å². The third kappa shape index (κ3) is 5.91. The summed E-state index contributed by atoms with van der Waals surface area (Å²) in [6.07, 6.45) is 0. The minimum atomic E-state index is -1.04. The Kier molecular flexibility index (Phi) is 7.77. The summed E-state index contributed by atoms with van der Waals surface area (Å²) in [6.45, 7) is 0.0769. The van der Waals surface area contributed by atoms with E-state index in [-0.39, 0.29) is 25.8 Å². The highest BCUT2D eigenvalue weighted by Gasteiger charge is 2.33. The van der Waals surface area contributed by atoms with Crippen LogP contribution in [-0.4, -0.2) is 52.7 Å². The van der Waals surface area contributed by atoms with Crippen LogP contribution in [0, 0.1) is 0 Å². The van der Waals surface area contributed by atoms with Crippen molar-refractivity contribution in [3.05, 3.63) is 102 Å². The first-order chi connectivity index (χ1) is 21.0. The first-order valence-corrected chi connectivity index (χ1v) is 13.6. The van der Waals surface area contributed by atoms with Crippen LogP contribution >= 0.6 is 0 Å². The molecule has 0 fully saturated rings. The maximum Gasteiger partial charge on any atom is 0.251 e. The predicted molar refractivity (Wildman–Crippen MR) is 158 cm³/mol. The van der Waals surface area contributed by atoms with Gasteiger partial charge in [0, 0.05) is 12.2 Å². The van der Waals surface area contributed by atoms with Crippen molar-refractivity contribution in [2.75, 3.05) is 26.3 Å². The molecule has 0 saturated carbocycles. The molecule has 2 heterocycles. The van der Waals surface area contributed by atoms with Gasteiger partial charge in [-0.25, -0.2) is 4.68 Å². The van der Waals surface area contributed by atoms with Gasteiger partial charge in [-0.1, -0.05) is 35.5 Å². The minimum absolute atomic E-state index is 0.0787. The van der Waals surface area contributed by atoms with Crippen LogP contribution in [0.2, 0.25) is 0 Å². The van der Waals surface area contributed by atoms with E-state index >= 15 is 0 Å². The molecule has 11 heteroatoms. The Morgan fingerprint density at radius 3 is 2.35 bits per heavy atom. The van der Waals surface area contributed by atoms with Crippen LogP contribution in [0.1, 0.15) is 17.2 Å². The first-order valence-electron chi connectivity index (χ1n) is 13.6. The molecule has 1 aliphatic rings. The van der Waals surface area contributed by atoms with E-state index in [0.29, 0.717) is 45.3 Å². The second kappa shape index (κ2) is 12.1. The van der Waals surface area contributed by atoms with Crippen LogP contribution in [0.15, 0.2) is 91.0 Å². The second-order valence-electron chi connectivity index (χ2n) is 9.84. The number of ether oxygens (including phenoxy) is 4. The second-order valence-corrected chi connectivity index (χ2v) is 9.84. The van der Waals surface area contributed by atoms with Crippen LogP contribution < -0.4 is 24.3 Å². The average molecular weight is 580 g/mol. The number of aromatic nitrogens is 3. The molecule has 0 saturated heterocycles. The zero-order chi connectivity index (χ0) is 29.8. The lowest BCUT2D eigenvalue weighted by molar-refractivity contribution is -0.140. The van der Waals surface area contributed by atoms with Crippen molar-refractivity contribution >= 4 is 28.5 Å². The number of hydrogen-bond acceptors (Lipinski definition) is 8. The lowest BCUT2D eigenvalue weighted by Gasteiger charge is -2.32. The van der Waals surface area contributed by atoms with Gasteiger partial charge >= 0.3 is 0 Å². The number of carbonyl (C=O) groups excluding carboxylic acids is 2.